The van der Waals surface area contributed by atoms with E-state index in [-0.39, 0.29) is 29.5 Å². The maximum absolute atomic E-state index is 13.2. The Labute approximate surface area is 199 Å². The van der Waals surface area contributed by atoms with Crippen molar-refractivity contribution in [3.8, 4) is 0 Å². The van der Waals surface area contributed by atoms with E-state index in [4.69, 9.17) is 16.3 Å². The topological polar surface area (TPSA) is 85.4 Å². The quantitative estimate of drug-likeness (QED) is 0.682. The van der Waals surface area contributed by atoms with E-state index >= 15 is 0 Å². The van der Waals surface area contributed by atoms with E-state index in [1.165, 1.54) is 17.7 Å². The molecule has 3 aliphatic heterocycles. The fraction of sp³-hybridized carbons (Fsp3) is 0.667. The lowest BCUT2D eigenvalue weighted by Gasteiger charge is -2.42. The second kappa shape index (κ2) is 9.06. The number of ether oxygens (including phenoxy) is 1. The number of rotatable bonds is 5. The zero-order valence-corrected chi connectivity index (χ0v) is 19.8. The van der Waals surface area contributed by atoms with Gasteiger partial charge in [0.15, 0.2) is 6.23 Å². The summed E-state index contributed by atoms with van der Waals surface area (Å²) in [4.78, 5) is 31.8. The van der Waals surface area contributed by atoms with E-state index in [0.29, 0.717) is 23.9 Å². The number of aliphatic hydroxyl groups excluding tert-OH is 1. The first-order chi connectivity index (χ1) is 15.9. The van der Waals surface area contributed by atoms with Gasteiger partial charge in [0.1, 0.15) is 6.04 Å². The second-order valence-electron chi connectivity index (χ2n) is 10.0. The van der Waals surface area contributed by atoms with Gasteiger partial charge in [0, 0.05) is 17.3 Å². The highest BCUT2D eigenvalue weighted by Crippen LogP contribution is 2.53. The van der Waals surface area contributed by atoms with Crippen LogP contribution in [0.3, 0.4) is 0 Å². The molecule has 33 heavy (non-hydrogen) atoms. The number of hydrogen-bond donors (Lipinski definition) is 2. The highest BCUT2D eigenvalue weighted by Gasteiger charge is 2.51. The van der Waals surface area contributed by atoms with E-state index in [2.05, 4.69) is 10.2 Å². The number of nitrogens with one attached hydrogen (secondary N) is 1. The first-order valence-corrected chi connectivity index (χ1v) is 12.4. The lowest BCUT2D eigenvalue weighted by molar-refractivity contribution is -0.150. The summed E-state index contributed by atoms with van der Waals surface area (Å²) in [5, 5.41) is 13.8. The number of benzene rings is 1. The van der Waals surface area contributed by atoms with Crippen molar-refractivity contribution >= 4 is 29.2 Å². The highest BCUT2D eigenvalue weighted by molar-refractivity contribution is 6.30. The molecule has 0 unspecified atom stereocenters. The summed E-state index contributed by atoms with van der Waals surface area (Å²) < 4.78 is 5.94. The number of piperidine rings is 1. The zero-order chi connectivity index (χ0) is 23.2. The second-order valence-corrected chi connectivity index (χ2v) is 10.5. The van der Waals surface area contributed by atoms with Crippen LogP contribution in [0.4, 0.5) is 10.5 Å². The van der Waals surface area contributed by atoms with Gasteiger partial charge in [0.25, 0.3) is 0 Å². The van der Waals surface area contributed by atoms with Crippen LogP contribution >= 0.6 is 11.6 Å². The fourth-order valence-electron chi connectivity index (χ4n) is 5.57. The Balaban J connectivity index is 1.13. The summed E-state index contributed by atoms with van der Waals surface area (Å²) in [6.45, 7) is 5.36. The summed E-state index contributed by atoms with van der Waals surface area (Å²) in [7, 11) is 0. The molecule has 4 aliphatic rings. The number of piperazine rings is 1. The molecule has 1 aromatic carbocycles. The molecule has 9 heteroatoms. The van der Waals surface area contributed by atoms with Crippen LogP contribution in [-0.4, -0.2) is 88.9 Å². The maximum Gasteiger partial charge on any atom is 0.322 e. The molecule has 1 aromatic rings. The lowest BCUT2D eigenvalue weighted by atomic mass is 9.90. The SMILES string of the molecule is C[C@H]1C(=O)N2[C@@H](CCCN3CCC4(CC4)[C@H](O)C3)CO[C@@H]2CN1C(=O)Nc1cccc(Cl)c1. The van der Waals surface area contributed by atoms with Crippen LogP contribution in [-0.2, 0) is 9.53 Å². The number of hydrogen-bond acceptors (Lipinski definition) is 5. The first kappa shape index (κ1) is 22.9. The van der Waals surface area contributed by atoms with Crippen molar-refractivity contribution in [1.29, 1.82) is 0 Å². The standard InChI is InChI=1S/C24H33ClN4O4/c1-16-22(31)29-19(6-3-10-27-11-9-24(7-8-24)20(30)13-27)15-33-21(29)14-28(16)23(32)26-18-5-2-4-17(25)12-18/h2,4-5,12,16,19-21,30H,3,6-11,13-15H2,1H3,(H,26,32)/t16-,19-,20+,21+/m0/s1. The van der Waals surface area contributed by atoms with Crippen molar-refractivity contribution in [2.75, 3.05) is 38.1 Å². The Morgan fingerprint density at radius 3 is 2.85 bits per heavy atom. The van der Waals surface area contributed by atoms with Gasteiger partial charge < -0.3 is 29.9 Å². The van der Waals surface area contributed by atoms with Crippen molar-refractivity contribution in [3.05, 3.63) is 29.3 Å². The molecule has 4 atom stereocenters. The molecule has 1 aliphatic carbocycles. The van der Waals surface area contributed by atoms with Gasteiger partial charge in [-0.05, 0) is 75.7 Å². The van der Waals surface area contributed by atoms with Crippen molar-refractivity contribution < 1.29 is 19.4 Å². The molecule has 4 fully saturated rings. The Hall–Kier alpha value is -1.87. The fourth-order valence-corrected chi connectivity index (χ4v) is 5.76. The monoisotopic (exact) mass is 476 g/mol. The molecule has 8 nitrogen and oxygen atoms in total. The summed E-state index contributed by atoms with van der Waals surface area (Å²) in [5.41, 5.74) is 0.819. The lowest BCUT2D eigenvalue weighted by Crippen LogP contribution is -2.62. The van der Waals surface area contributed by atoms with E-state index in [1.54, 1.807) is 31.2 Å². The van der Waals surface area contributed by atoms with E-state index in [9.17, 15) is 14.7 Å². The number of anilines is 1. The number of nitrogens with zero attached hydrogens (tertiary/aromatic N) is 3. The average molecular weight is 477 g/mol. The van der Waals surface area contributed by atoms with Gasteiger partial charge in [-0.1, -0.05) is 17.7 Å². The smallest absolute Gasteiger partial charge is 0.322 e. The Morgan fingerprint density at radius 2 is 2.12 bits per heavy atom. The average Bonchev–Trinajstić information content (AvgIpc) is 3.46. The van der Waals surface area contributed by atoms with Gasteiger partial charge in [-0.25, -0.2) is 4.79 Å². The van der Waals surface area contributed by atoms with Crippen LogP contribution in [0.15, 0.2) is 24.3 Å². The summed E-state index contributed by atoms with van der Waals surface area (Å²) >= 11 is 6.01. The number of aliphatic hydroxyl groups is 1. The molecule has 1 saturated carbocycles. The number of β-amino-alcohol motifs (C(OH)–C–C–N with tert-alkyl or cyclic N) is 1. The zero-order valence-electron chi connectivity index (χ0n) is 19.1. The Morgan fingerprint density at radius 1 is 1.30 bits per heavy atom. The molecule has 3 saturated heterocycles. The predicted molar refractivity (Wildman–Crippen MR) is 125 cm³/mol. The molecule has 0 radical (unpaired) electrons. The van der Waals surface area contributed by atoms with Crippen LogP contribution in [0.5, 0.6) is 0 Å². The summed E-state index contributed by atoms with van der Waals surface area (Å²) in [5.74, 6) is -0.0703. The van der Waals surface area contributed by atoms with Crippen molar-refractivity contribution in [1.82, 2.24) is 14.7 Å². The number of fused-ring (bicyclic) bond motifs is 1. The molecule has 2 N–H and O–H groups in total. The molecule has 1 spiro atoms. The molecule has 0 aromatic heterocycles. The van der Waals surface area contributed by atoms with Crippen LogP contribution in [0.25, 0.3) is 0 Å². The highest BCUT2D eigenvalue weighted by atomic mass is 35.5. The molecule has 180 valence electrons. The first-order valence-electron chi connectivity index (χ1n) is 12.0. The third-order valence-electron chi connectivity index (χ3n) is 7.92. The summed E-state index contributed by atoms with van der Waals surface area (Å²) in [6.07, 6.45) is 4.66. The van der Waals surface area contributed by atoms with Gasteiger partial charge in [-0.2, -0.15) is 0 Å². The number of carbonyl (C=O) groups is 2. The molecule has 0 bridgehead atoms. The Bertz CT molecular complexity index is 910. The minimum atomic E-state index is -0.559. The van der Waals surface area contributed by atoms with Gasteiger partial charge in [0.2, 0.25) is 5.91 Å². The van der Waals surface area contributed by atoms with Crippen LogP contribution in [0.2, 0.25) is 5.02 Å². The summed E-state index contributed by atoms with van der Waals surface area (Å²) in [6, 6.07) is 6.09. The normalized spacial score (nSPS) is 31.1. The van der Waals surface area contributed by atoms with Gasteiger partial charge in [0.05, 0.1) is 25.3 Å². The third-order valence-corrected chi connectivity index (χ3v) is 8.16. The third kappa shape index (κ3) is 4.58. The molecular formula is C24H33ClN4O4. The van der Waals surface area contributed by atoms with Crippen molar-refractivity contribution in [3.63, 3.8) is 0 Å². The van der Waals surface area contributed by atoms with Gasteiger partial charge >= 0.3 is 6.03 Å². The molecule has 3 amide bonds. The number of urea groups is 1. The van der Waals surface area contributed by atoms with Gasteiger partial charge in [-0.3, -0.25) is 4.79 Å². The van der Waals surface area contributed by atoms with Crippen LogP contribution in [0.1, 0.15) is 39.0 Å². The van der Waals surface area contributed by atoms with Crippen molar-refractivity contribution in [2.45, 2.75) is 63.4 Å². The van der Waals surface area contributed by atoms with Crippen LogP contribution in [0, 0.1) is 5.41 Å². The van der Waals surface area contributed by atoms with Gasteiger partial charge in [-0.15, -0.1) is 0 Å². The van der Waals surface area contributed by atoms with Crippen LogP contribution < -0.4 is 5.32 Å². The molecular weight excluding hydrogens is 444 g/mol. The minimum absolute atomic E-state index is 0.0348. The predicted octanol–water partition coefficient (Wildman–Crippen LogP) is 2.76. The number of likely N-dealkylation sites (tertiary alicyclic amines) is 1. The van der Waals surface area contributed by atoms with E-state index in [1.807, 2.05) is 4.90 Å². The molecule has 3 heterocycles. The minimum Gasteiger partial charge on any atom is -0.391 e. The Kier molecular flexibility index (Phi) is 6.29. The van der Waals surface area contributed by atoms with E-state index < -0.39 is 12.3 Å². The number of amides is 3. The largest absolute Gasteiger partial charge is 0.391 e. The van der Waals surface area contributed by atoms with Crippen molar-refractivity contribution in [2.24, 2.45) is 5.41 Å². The van der Waals surface area contributed by atoms with E-state index in [0.717, 1.165) is 38.9 Å². The number of halogens is 1. The maximum atomic E-state index is 13.2. The number of carbonyl (C=O) groups excluding carboxylic acids is 2. The molecule has 5 rings (SSSR count).